The van der Waals surface area contributed by atoms with E-state index in [2.05, 4.69) is 27.4 Å². The number of pyridine rings is 1. The third-order valence-corrected chi connectivity index (χ3v) is 3.70. The highest BCUT2D eigenvalue weighted by molar-refractivity contribution is 7.19. The molecule has 0 aliphatic carbocycles. The predicted octanol–water partition coefficient (Wildman–Crippen LogP) is 3.40. The molecule has 84 valence electrons. The number of benzene rings is 1. The zero-order valence-electron chi connectivity index (χ0n) is 9.34. The Kier molecular flexibility index (Phi) is 2.49. The van der Waals surface area contributed by atoms with Crippen molar-refractivity contribution in [2.24, 2.45) is 0 Å². The number of rotatable bonds is 2. The normalized spacial score (nSPS) is 10.6. The van der Waals surface area contributed by atoms with Crippen LogP contribution >= 0.6 is 11.3 Å². The number of nitrogens with zero attached hydrogens (tertiary/aromatic N) is 2. The van der Waals surface area contributed by atoms with Gasteiger partial charge in [-0.25, -0.2) is 4.98 Å². The van der Waals surface area contributed by atoms with Crippen LogP contribution in [0.1, 0.15) is 0 Å². The van der Waals surface area contributed by atoms with E-state index >= 15 is 0 Å². The summed E-state index contributed by atoms with van der Waals surface area (Å²) in [6.45, 7) is 0. The molecule has 0 amide bonds. The number of fused-ring (bicyclic) bond motifs is 1. The summed E-state index contributed by atoms with van der Waals surface area (Å²) in [5.41, 5.74) is 1.14. The average molecular weight is 241 g/mol. The molecule has 3 nitrogen and oxygen atoms in total. The lowest BCUT2D eigenvalue weighted by atomic mass is 10.1. The Bertz CT molecular complexity index is 655. The topological polar surface area (TPSA) is 37.8 Å². The van der Waals surface area contributed by atoms with Gasteiger partial charge in [0.2, 0.25) is 0 Å². The molecule has 2 aromatic heterocycles. The fraction of sp³-hybridized carbons (Fsp3) is 0.0769. The molecule has 0 radical (unpaired) electrons. The fourth-order valence-corrected chi connectivity index (χ4v) is 2.62. The Morgan fingerprint density at radius 2 is 2.00 bits per heavy atom. The first-order valence-electron chi connectivity index (χ1n) is 5.35. The van der Waals surface area contributed by atoms with Gasteiger partial charge in [-0.15, -0.1) is 0 Å². The molecule has 2 heterocycles. The third kappa shape index (κ3) is 1.76. The van der Waals surface area contributed by atoms with E-state index in [9.17, 15) is 0 Å². The van der Waals surface area contributed by atoms with E-state index in [1.807, 2.05) is 37.8 Å². The van der Waals surface area contributed by atoms with Crippen LogP contribution in [0.15, 0.2) is 42.9 Å². The van der Waals surface area contributed by atoms with Crippen LogP contribution in [0.25, 0.3) is 21.2 Å². The lowest BCUT2D eigenvalue weighted by Gasteiger charge is -2.02. The monoisotopic (exact) mass is 241 g/mol. The van der Waals surface area contributed by atoms with Gasteiger partial charge in [-0.1, -0.05) is 35.6 Å². The number of hydrogen-bond donors (Lipinski definition) is 1. The maximum absolute atomic E-state index is 4.30. The Labute approximate surface area is 103 Å². The van der Waals surface area contributed by atoms with Crippen LogP contribution in [0, 0.1) is 0 Å². The van der Waals surface area contributed by atoms with E-state index in [1.165, 1.54) is 5.39 Å². The molecule has 0 saturated carbocycles. The lowest BCUT2D eigenvalue weighted by molar-refractivity contribution is 1.35. The summed E-state index contributed by atoms with van der Waals surface area (Å²) in [6.07, 6.45) is 5.67. The van der Waals surface area contributed by atoms with Crippen molar-refractivity contribution < 1.29 is 0 Å². The molecule has 0 aliphatic rings. The van der Waals surface area contributed by atoms with Crippen molar-refractivity contribution in [2.45, 2.75) is 0 Å². The van der Waals surface area contributed by atoms with E-state index in [0.29, 0.717) is 0 Å². The van der Waals surface area contributed by atoms with E-state index in [4.69, 9.17) is 0 Å². The molecule has 0 atom stereocenters. The van der Waals surface area contributed by atoms with Crippen LogP contribution in [0.5, 0.6) is 0 Å². The number of hydrogen-bond acceptors (Lipinski definition) is 4. The van der Waals surface area contributed by atoms with Gasteiger partial charge in [0.1, 0.15) is 0 Å². The second-order valence-corrected chi connectivity index (χ2v) is 4.72. The van der Waals surface area contributed by atoms with Crippen molar-refractivity contribution in [2.75, 3.05) is 12.4 Å². The third-order valence-electron chi connectivity index (χ3n) is 2.65. The molecule has 4 heteroatoms. The van der Waals surface area contributed by atoms with Crippen LogP contribution in [0.3, 0.4) is 0 Å². The first-order valence-corrected chi connectivity index (χ1v) is 6.17. The number of anilines is 1. The van der Waals surface area contributed by atoms with Crippen molar-refractivity contribution in [3.8, 4) is 10.4 Å². The fourth-order valence-electron chi connectivity index (χ4n) is 1.83. The molecule has 1 N–H and O–H groups in total. The molecule has 1 aromatic carbocycles. The molecule has 0 aliphatic heterocycles. The van der Waals surface area contributed by atoms with Crippen molar-refractivity contribution >= 4 is 27.2 Å². The first kappa shape index (κ1) is 10.2. The largest absolute Gasteiger partial charge is 0.365 e. The van der Waals surface area contributed by atoms with E-state index < -0.39 is 0 Å². The minimum Gasteiger partial charge on any atom is -0.365 e. The lowest BCUT2D eigenvalue weighted by Crippen LogP contribution is -1.83. The quantitative estimate of drug-likeness (QED) is 0.747. The smallest absolute Gasteiger partial charge is 0.182 e. The maximum atomic E-state index is 4.30. The van der Waals surface area contributed by atoms with E-state index in [1.54, 1.807) is 11.3 Å². The summed E-state index contributed by atoms with van der Waals surface area (Å²) in [6, 6.07) is 8.27. The van der Waals surface area contributed by atoms with E-state index in [-0.39, 0.29) is 0 Å². The maximum Gasteiger partial charge on any atom is 0.182 e. The summed E-state index contributed by atoms with van der Waals surface area (Å²) in [5.74, 6) is 0. The summed E-state index contributed by atoms with van der Waals surface area (Å²) in [5, 5.41) is 6.35. The molecule has 3 aromatic rings. The summed E-state index contributed by atoms with van der Waals surface area (Å²) >= 11 is 1.64. The second-order valence-electron chi connectivity index (χ2n) is 3.69. The first-order chi connectivity index (χ1) is 8.38. The summed E-state index contributed by atoms with van der Waals surface area (Å²) < 4.78 is 0. The number of thiazole rings is 1. The molecule has 0 spiro atoms. The highest BCUT2D eigenvalue weighted by Crippen LogP contribution is 2.33. The SMILES string of the molecule is CNc1ncc(-c2cncc3ccccc23)s1. The van der Waals surface area contributed by atoms with Gasteiger partial charge in [-0.05, 0) is 5.39 Å². The molecule has 0 saturated heterocycles. The predicted molar refractivity (Wildman–Crippen MR) is 72.4 cm³/mol. The van der Waals surface area contributed by atoms with Crippen molar-refractivity contribution in [3.63, 3.8) is 0 Å². The molecule has 0 unspecified atom stereocenters. The number of nitrogens with one attached hydrogen (secondary N) is 1. The Morgan fingerprint density at radius 3 is 2.82 bits per heavy atom. The summed E-state index contributed by atoms with van der Waals surface area (Å²) in [4.78, 5) is 9.72. The highest BCUT2D eigenvalue weighted by atomic mass is 32.1. The van der Waals surface area contributed by atoms with Crippen molar-refractivity contribution in [3.05, 3.63) is 42.9 Å². The average Bonchev–Trinajstić information content (AvgIpc) is 2.87. The van der Waals surface area contributed by atoms with Crippen LogP contribution in [0.4, 0.5) is 5.13 Å². The Hall–Kier alpha value is -1.94. The van der Waals surface area contributed by atoms with Crippen LogP contribution in [-0.2, 0) is 0 Å². The minimum atomic E-state index is 0.924. The molecular weight excluding hydrogens is 230 g/mol. The van der Waals surface area contributed by atoms with Gasteiger partial charge in [0.15, 0.2) is 5.13 Å². The summed E-state index contributed by atoms with van der Waals surface area (Å²) in [7, 11) is 1.88. The van der Waals surface area contributed by atoms with Crippen LogP contribution < -0.4 is 5.32 Å². The van der Waals surface area contributed by atoms with Crippen molar-refractivity contribution in [1.29, 1.82) is 0 Å². The van der Waals surface area contributed by atoms with Gasteiger partial charge in [0.05, 0.1) is 4.88 Å². The van der Waals surface area contributed by atoms with Crippen LogP contribution in [0.2, 0.25) is 0 Å². The molecule has 17 heavy (non-hydrogen) atoms. The molecule has 0 bridgehead atoms. The molecule has 3 rings (SSSR count). The van der Waals surface area contributed by atoms with Gasteiger partial charge < -0.3 is 5.32 Å². The molecular formula is C13H11N3S. The highest BCUT2D eigenvalue weighted by Gasteiger charge is 2.07. The molecule has 0 fully saturated rings. The van der Waals surface area contributed by atoms with Gasteiger partial charge in [0.25, 0.3) is 0 Å². The number of aromatic nitrogens is 2. The van der Waals surface area contributed by atoms with E-state index in [0.717, 1.165) is 21.0 Å². The zero-order valence-corrected chi connectivity index (χ0v) is 10.2. The minimum absolute atomic E-state index is 0.924. The van der Waals surface area contributed by atoms with Gasteiger partial charge >= 0.3 is 0 Å². The Balaban J connectivity index is 2.23. The standard InChI is InChI=1S/C13H11N3S/c1-14-13-16-8-12(17-13)11-7-15-6-9-4-2-3-5-10(9)11/h2-8H,1H3,(H,14,16). The van der Waals surface area contributed by atoms with Gasteiger partial charge in [-0.3, -0.25) is 4.98 Å². The zero-order chi connectivity index (χ0) is 11.7. The van der Waals surface area contributed by atoms with Crippen LogP contribution in [-0.4, -0.2) is 17.0 Å². The van der Waals surface area contributed by atoms with Gasteiger partial charge in [0, 0.05) is 36.6 Å². The Morgan fingerprint density at radius 1 is 1.12 bits per heavy atom. The van der Waals surface area contributed by atoms with Gasteiger partial charge in [-0.2, -0.15) is 0 Å². The second kappa shape index (κ2) is 4.14. The van der Waals surface area contributed by atoms with Crippen molar-refractivity contribution in [1.82, 2.24) is 9.97 Å².